The van der Waals surface area contributed by atoms with E-state index in [1.54, 1.807) is 63.8 Å². The molecule has 0 radical (unpaired) electrons. The number of esters is 1. The molecule has 6 rings (SSSR count). The van der Waals surface area contributed by atoms with Crippen molar-refractivity contribution in [1.29, 1.82) is 0 Å². The van der Waals surface area contributed by atoms with Gasteiger partial charge < -0.3 is 28.8 Å². The van der Waals surface area contributed by atoms with Gasteiger partial charge in [-0.05, 0) is 85.3 Å². The van der Waals surface area contributed by atoms with Gasteiger partial charge in [-0.25, -0.2) is 4.79 Å². The van der Waals surface area contributed by atoms with E-state index in [0.717, 1.165) is 48.5 Å². The summed E-state index contributed by atoms with van der Waals surface area (Å²) in [5.41, 5.74) is 3.77. The molecule has 1 aliphatic heterocycles. The van der Waals surface area contributed by atoms with Crippen LogP contribution in [0.5, 0.6) is 23.0 Å². The molecule has 10 heteroatoms. The minimum atomic E-state index is -2.02. The highest BCUT2D eigenvalue weighted by Gasteiger charge is 2.48. The molecular formula is C31H30N2O7S. The zero-order valence-corrected chi connectivity index (χ0v) is 23.8. The van der Waals surface area contributed by atoms with E-state index < -0.39 is 11.8 Å². The summed E-state index contributed by atoms with van der Waals surface area (Å²) < 4.78 is 37.4. The Balaban J connectivity index is 1.50. The van der Waals surface area contributed by atoms with Gasteiger partial charge in [0.25, 0.3) is 5.79 Å². The molecule has 1 atom stereocenters. The predicted molar refractivity (Wildman–Crippen MR) is 153 cm³/mol. The molecule has 1 N–H and O–H groups in total. The number of rotatable bonds is 9. The van der Waals surface area contributed by atoms with Gasteiger partial charge >= 0.3 is 5.97 Å². The number of aliphatic hydroxyl groups is 1. The van der Waals surface area contributed by atoms with Gasteiger partial charge in [0.2, 0.25) is 5.75 Å². The van der Waals surface area contributed by atoms with Crippen LogP contribution in [-0.4, -0.2) is 47.3 Å². The number of aromatic nitrogens is 2. The summed E-state index contributed by atoms with van der Waals surface area (Å²) in [6.07, 6.45) is 4.43. The lowest BCUT2D eigenvalue weighted by Crippen LogP contribution is -2.29. The molecule has 1 saturated carbocycles. The van der Waals surface area contributed by atoms with Crippen LogP contribution in [0.15, 0.2) is 60.2 Å². The molecule has 0 amide bonds. The van der Waals surface area contributed by atoms with Crippen molar-refractivity contribution in [1.82, 2.24) is 8.75 Å². The van der Waals surface area contributed by atoms with E-state index in [9.17, 15) is 9.90 Å². The summed E-state index contributed by atoms with van der Waals surface area (Å²) in [7, 11) is 4.71. The van der Waals surface area contributed by atoms with E-state index in [0.29, 0.717) is 45.2 Å². The second-order valence-electron chi connectivity index (χ2n) is 10.1. The minimum Gasteiger partial charge on any atom is -0.497 e. The number of carbonyl (C=O) groups is 1. The van der Waals surface area contributed by atoms with Crippen LogP contribution in [0.2, 0.25) is 0 Å². The molecule has 1 aromatic heterocycles. The first kappa shape index (κ1) is 27.0. The fraction of sp³-hybridized carbons (Fsp3) is 0.323. The Hall–Kier alpha value is -4.15. The van der Waals surface area contributed by atoms with Crippen molar-refractivity contribution >= 4 is 34.3 Å². The van der Waals surface area contributed by atoms with Gasteiger partial charge in [0.1, 0.15) is 16.8 Å². The maximum atomic E-state index is 13.5. The van der Waals surface area contributed by atoms with Crippen molar-refractivity contribution in [2.45, 2.75) is 44.0 Å². The van der Waals surface area contributed by atoms with Crippen molar-refractivity contribution in [2.75, 3.05) is 21.3 Å². The molecule has 0 bridgehead atoms. The van der Waals surface area contributed by atoms with E-state index in [2.05, 4.69) is 8.75 Å². The summed E-state index contributed by atoms with van der Waals surface area (Å²) in [6.45, 7) is 0. The topological polar surface area (TPSA) is 109 Å². The summed E-state index contributed by atoms with van der Waals surface area (Å²) in [5, 5.41) is 12.1. The first-order chi connectivity index (χ1) is 19.9. The molecule has 1 fully saturated rings. The Kier molecular flexibility index (Phi) is 7.27. The lowest BCUT2D eigenvalue weighted by Gasteiger charge is -2.26. The molecule has 4 aromatic rings. The van der Waals surface area contributed by atoms with Gasteiger partial charge in [-0.15, -0.1) is 0 Å². The first-order valence-corrected chi connectivity index (χ1v) is 14.1. The second kappa shape index (κ2) is 11.0. The Labute approximate surface area is 241 Å². The van der Waals surface area contributed by atoms with Crippen LogP contribution in [0.3, 0.4) is 0 Å². The maximum absolute atomic E-state index is 13.5. The average molecular weight is 575 g/mol. The molecule has 3 aromatic carbocycles. The number of benzene rings is 3. The average Bonchev–Trinajstić information content (AvgIpc) is 3.73. The van der Waals surface area contributed by atoms with Crippen molar-refractivity contribution < 1.29 is 33.6 Å². The highest BCUT2D eigenvalue weighted by Crippen LogP contribution is 2.47. The first-order valence-electron chi connectivity index (χ1n) is 13.4. The van der Waals surface area contributed by atoms with E-state index in [4.69, 9.17) is 23.7 Å². The third-order valence-corrected chi connectivity index (χ3v) is 8.22. The van der Waals surface area contributed by atoms with Crippen LogP contribution < -0.4 is 18.9 Å². The number of fused-ring (bicyclic) bond motifs is 1. The molecule has 1 unspecified atom stereocenters. The number of hydrogen-bond donors (Lipinski definition) is 1. The standard InChI is InChI=1S/C31H30N2O7S/c1-36-21-11-9-20(10-12-21)31(35)23(28(30(34)40-31)19-8-13-24-25(17-19)33-41-32-24)14-18-15-26(37-2)29(38-3)27(16-18)39-22-6-4-5-7-22/h8-13,15-17,22,35H,4-7,14H2,1-3H3. The van der Waals surface area contributed by atoms with Gasteiger partial charge in [-0.3, -0.25) is 0 Å². The summed E-state index contributed by atoms with van der Waals surface area (Å²) in [6, 6.07) is 15.9. The van der Waals surface area contributed by atoms with Gasteiger partial charge in [-0.2, -0.15) is 8.75 Å². The fourth-order valence-electron chi connectivity index (χ4n) is 5.59. The van der Waals surface area contributed by atoms with Gasteiger partial charge in [-0.1, -0.05) is 6.07 Å². The molecule has 0 saturated heterocycles. The van der Waals surface area contributed by atoms with Crippen LogP contribution in [0.1, 0.15) is 42.4 Å². The Morgan fingerprint density at radius 1 is 0.927 bits per heavy atom. The van der Waals surface area contributed by atoms with E-state index in [-0.39, 0.29) is 18.1 Å². The lowest BCUT2D eigenvalue weighted by atomic mass is 9.88. The largest absolute Gasteiger partial charge is 0.497 e. The van der Waals surface area contributed by atoms with Crippen LogP contribution in [-0.2, 0) is 21.7 Å². The highest BCUT2D eigenvalue weighted by atomic mass is 32.1. The number of ether oxygens (including phenoxy) is 5. The van der Waals surface area contributed by atoms with Crippen LogP contribution in [0.4, 0.5) is 0 Å². The molecule has 212 valence electrons. The van der Waals surface area contributed by atoms with E-state index in [1.807, 2.05) is 12.1 Å². The molecule has 2 heterocycles. The van der Waals surface area contributed by atoms with Gasteiger partial charge in [0, 0.05) is 17.6 Å². The van der Waals surface area contributed by atoms with Crippen molar-refractivity contribution in [3.05, 3.63) is 76.9 Å². The maximum Gasteiger partial charge on any atom is 0.342 e. The number of methoxy groups -OCH3 is 3. The lowest BCUT2D eigenvalue weighted by molar-refractivity contribution is -0.185. The number of nitrogens with zero attached hydrogens (tertiary/aromatic N) is 2. The third kappa shape index (κ3) is 4.98. The van der Waals surface area contributed by atoms with E-state index in [1.165, 1.54) is 0 Å². The third-order valence-electron chi connectivity index (χ3n) is 7.66. The summed E-state index contributed by atoms with van der Waals surface area (Å²) in [4.78, 5) is 13.5. The molecule has 9 nitrogen and oxygen atoms in total. The quantitative estimate of drug-likeness (QED) is 0.262. The van der Waals surface area contributed by atoms with E-state index >= 15 is 0 Å². The summed E-state index contributed by atoms with van der Waals surface area (Å²) >= 11 is 1.10. The van der Waals surface area contributed by atoms with Crippen molar-refractivity contribution in [2.24, 2.45) is 0 Å². The molecule has 0 spiro atoms. The van der Waals surface area contributed by atoms with Crippen LogP contribution in [0, 0.1) is 0 Å². The number of hydrogen-bond acceptors (Lipinski definition) is 10. The Morgan fingerprint density at radius 3 is 2.37 bits per heavy atom. The molecular weight excluding hydrogens is 544 g/mol. The molecule has 41 heavy (non-hydrogen) atoms. The van der Waals surface area contributed by atoms with Gasteiger partial charge in [0.15, 0.2) is 11.5 Å². The SMILES string of the molecule is COc1ccc(C2(O)OC(=O)C(c3ccc4nsnc4c3)=C2Cc2cc(OC)c(OC)c(OC3CCCC3)c2)cc1. The Bertz CT molecular complexity index is 1630. The van der Waals surface area contributed by atoms with Crippen LogP contribution in [0.25, 0.3) is 16.6 Å². The smallest absolute Gasteiger partial charge is 0.342 e. The monoisotopic (exact) mass is 574 g/mol. The van der Waals surface area contributed by atoms with Crippen molar-refractivity contribution in [3.63, 3.8) is 0 Å². The Morgan fingerprint density at radius 2 is 1.66 bits per heavy atom. The predicted octanol–water partition coefficient (Wildman–Crippen LogP) is 5.44. The zero-order valence-electron chi connectivity index (χ0n) is 23.0. The summed E-state index contributed by atoms with van der Waals surface area (Å²) in [5.74, 6) is -0.486. The van der Waals surface area contributed by atoms with Crippen LogP contribution >= 0.6 is 11.7 Å². The minimum absolute atomic E-state index is 0.0877. The molecule has 2 aliphatic rings. The normalized spacial score (nSPS) is 19.1. The second-order valence-corrected chi connectivity index (χ2v) is 10.6. The van der Waals surface area contributed by atoms with Gasteiger partial charge in [0.05, 0.1) is 44.7 Å². The fourth-order valence-corrected chi connectivity index (χ4v) is 6.11. The highest BCUT2D eigenvalue weighted by molar-refractivity contribution is 7.00. The zero-order chi connectivity index (χ0) is 28.6. The van der Waals surface area contributed by atoms with Crippen molar-refractivity contribution in [3.8, 4) is 23.0 Å². The number of carbonyl (C=O) groups excluding carboxylic acids is 1. The molecule has 1 aliphatic carbocycles. The number of cyclic esters (lactones) is 1.